The Morgan fingerprint density at radius 2 is 1.93 bits per heavy atom. The zero-order valence-electron chi connectivity index (χ0n) is 21.1. The van der Waals surface area contributed by atoms with Crippen molar-refractivity contribution in [2.24, 2.45) is 0 Å². The van der Waals surface area contributed by atoms with Crippen LogP contribution in [0.1, 0.15) is 36.1 Å². The molecule has 0 bridgehead atoms. The molecule has 40 heavy (non-hydrogen) atoms. The standard InChI is InChI=1S/C28H22Cl2N4O4S2/c1-2-12-38-20-9-6-16(7-10-20)24(35)22-23(17-4-3-11-31-14-17)34(26(37)25(22)36)27-32-33-28(40-27)39-15-18-5-8-19(29)13-21(18)30/h3-11,13-14,23,35H,2,12,15H2,1H3/b24-22-. The summed E-state index contributed by atoms with van der Waals surface area (Å²) in [6.45, 7) is 2.57. The fourth-order valence-electron chi connectivity index (χ4n) is 4.10. The Balaban J connectivity index is 1.48. The molecule has 3 heterocycles. The number of carbonyl (C=O) groups is 2. The molecule has 0 aliphatic carbocycles. The van der Waals surface area contributed by atoms with Crippen molar-refractivity contribution in [2.75, 3.05) is 11.5 Å². The van der Waals surface area contributed by atoms with E-state index in [1.54, 1.807) is 60.9 Å². The number of hydrogen-bond donors (Lipinski definition) is 1. The Morgan fingerprint density at radius 1 is 1.12 bits per heavy atom. The minimum Gasteiger partial charge on any atom is -0.507 e. The Bertz CT molecular complexity index is 1580. The lowest BCUT2D eigenvalue weighted by atomic mass is 9.96. The maximum atomic E-state index is 13.4. The monoisotopic (exact) mass is 612 g/mol. The van der Waals surface area contributed by atoms with Gasteiger partial charge in [0.2, 0.25) is 5.13 Å². The van der Waals surface area contributed by atoms with Crippen molar-refractivity contribution in [3.05, 3.63) is 99.3 Å². The summed E-state index contributed by atoms with van der Waals surface area (Å²) in [6.07, 6.45) is 4.00. The average Bonchev–Trinajstić information content (AvgIpc) is 3.53. The van der Waals surface area contributed by atoms with Crippen LogP contribution in [0.15, 0.2) is 76.9 Å². The van der Waals surface area contributed by atoms with E-state index in [2.05, 4.69) is 15.2 Å². The lowest BCUT2D eigenvalue weighted by molar-refractivity contribution is -0.132. The smallest absolute Gasteiger partial charge is 0.301 e. The highest BCUT2D eigenvalue weighted by Gasteiger charge is 2.48. The summed E-state index contributed by atoms with van der Waals surface area (Å²) in [7, 11) is 0. The van der Waals surface area contributed by atoms with Crippen LogP contribution in [0.2, 0.25) is 10.0 Å². The molecule has 12 heteroatoms. The molecule has 4 aromatic rings. The van der Waals surface area contributed by atoms with E-state index in [1.165, 1.54) is 16.7 Å². The van der Waals surface area contributed by atoms with Crippen molar-refractivity contribution in [3.63, 3.8) is 0 Å². The highest BCUT2D eigenvalue weighted by atomic mass is 35.5. The number of aliphatic hydroxyl groups excluding tert-OH is 1. The highest BCUT2D eigenvalue weighted by molar-refractivity contribution is 8.00. The van der Waals surface area contributed by atoms with E-state index in [0.29, 0.717) is 43.6 Å². The van der Waals surface area contributed by atoms with Gasteiger partial charge in [-0.25, -0.2) is 0 Å². The van der Waals surface area contributed by atoms with Crippen LogP contribution in [-0.2, 0) is 15.3 Å². The van der Waals surface area contributed by atoms with Gasteiger partial charge in [0.1, 0.15) is 11.5 Å². The van der Waals surface area contributed by atoms with Crippen molar-refractivity contribution in [2.45, 2.75) is 29.5 Å². The summed E-state index contributed by atoms with van der Waals surface area (Å²) in [5.74, 6) is -0.788. The molecular weight excluding hydrogens is 591 g/mol. The van der Waals surface area contributed by atoms with Gasteiger partial charge in [-0.1, -0.05) is 65.4 Å². The van der Waals surface area contributed by atoms with E-state index >= 15 is 0 Å². The number of halogens is 2. The molecule has 1 N–H and O–H groups in total. The third-order valence-corrected chi connectivity index (χ3v) is 8.70. The van der Waals surface area contributed by atoms with Gasteiger partial charge in [0.25, 0.3) is 5.78 Å². The summed E-state index contributed by atoms with van der Waals surface area (Å²) in [6, 6.07) is 14.5. The van der Waals surface area contributed by atoms with E-state index in [9.17, 15) is 14.7 Å². The zero-order valence-corrected chi connectivity index (χ0v) is 24.2. The van der Waals surface area contributed by atoms with Gasteiger partial charge in [-0.2, -0.15) is 0 Å². The number of nitrogens with zero attached hydrogens (tertiary/aromatic N) is 4. The highest BCUT2D eigenvalue weighted by Crippen LogP contribution is 2.44. The van der Waals surface area contributed by atoms with Crippen LogP contribution in [0, 0.1) is 0 Å². The molecule has 204 valence electrons. The quantitative estimate of drug-likeness (QED) is 0.0711. The molecule has 0 spiro atoms. The number of aromatic nitrogens is 3. The number of anilines is 1. The van der Waals surface area contributed by atoms with Crippen LogP contribution in [-0.4, -0.2) is 38.6 Å². The molecule has 5 rings (SSSR count). The first-order chi connectivity index (χ1) is 19.4. The number of pyridine rings is 1. The number of Topliss-reactive ketones (excluding diaryl/α,β-unsaturated/α-hetero) is 1. The maximum absolute atomic E-state index is 13.4. The third kappa shape index (κ3) is 5.85. The summed E-state index contributed by atoms with van der Waals surface area (Å²) in [5, 5.41) is 21.0. The Labute approximate surface area is 248 Å². The first-order valence-electron chi connectivity index (χ1n) is 12.2. The van der Waals surface area contributed by atoms with Crippen LogP contribution in [0.3, 0.4) is 0 Å². The average molecular weight is 614 g/mol. The molecule has 1 unspecified atom stereocenters. The third-order valence-electron chi connectivity index (χ3n) is 6.01. The topological polar surface area (TPSA) is 106 Å². The van der Waals surface area contributed by atoms with E-state index in [0.717, 1.165) is 23.3 Å². The summed E-state index contributed by atoms with van der Waals surface area (Å²) < 4.78 is 6.20. The van der Waals surface area contributed by atoms with Crippen molar-refractivity contribution >= 4 is 68.9 Å². The Morgan fingerprint density at radius 3 is 2.62 bits per heavy atom. The first kappa shape index (κ1) is 28.1. The number of amides is 1. The fourth-order valence-corrected chi connectivity index (χ4v) is 6.53. The predicted molar refractivity (Wildman–Crippen MR) is 157 cm³/mol. The Hall–Kier alpha value is -3.44. The molecule has 1 saturated heterocycles. The normalized spacial score (nSPS) is 16.5. The SMILES string of the molecule is CCCOc1ccc(/C(O)=C2/C(=O)C(=O)N(c3nnc(SCc4ccc(Cl)cc4Cl)s3)C2c2cccnc2)cc1. The second kappa shape index (κ2) is 12.4. The number of carbonyl (C=O) groups excluding carboxylic acids is 2. The van der Waals surface area contributed by atoms with E-state index in [4.69, 9.17) is 27.9 Å². The molecule has 8 nitrogen and oxygen atoms in total. The van der Waals surface area contributed by atoms with Crippen LogP contribution in [0.25, 0.3) is 5.76 Å². The van der Waals surface area contributed by atoms with Crippen LogP contribution < -0.4 is 9.64 Å². The molecule has 1 aliphatic rings. The number of thioether (sulfide) groups is 1. The van der Waals surface area contributed by atoms with Gasteiger partial charge >= 0.3 is 5.91 Å². The first-order valence-corrected chi connectivity index (χ1v) is 14.8. The maximum Gasteiger partial charge on any atom is 0.301 e. The van der Waals surface area contributed by atoms with Gasteiger partial charge in [0, 0.05) is 33.8 Å². The number of hydrogen-bond acceptors (Lipinski definition) is 9. The lowest BCUT2D eigenvalue weighted by Gasteiger charge is -2.22. The molecule has 1 amide bonds. The fraction of sp³-hybridized carbons (Fsp3) is 0.179. The molecule has 1 aliphatic heterocycles. The molecule has 0 radical (unpaired) electrons. The predicted octanol–water partition coefficient (Wildman–Crippen LogP) is 6.95. The lowest BCUT2D eigenvalue weighted by Crippen LogP contribution is -2.29. The number of aliphatic hydroxyl groups is 1. The van der Waals surface area contributed by atoms with Crippen molar-refractivity contribution < 1.29 is 19.4 Å². The summed E-state index contributed by atoms with van der Waals surface area (Å²) in [5.41, 5.74) is 1.74. The second-order valence-electron chi connectivity index (χ2n) is 8.70. The largest absolute Gasteiger partial charge is 0.507 e. The van der Waals surface area contributed by atoms with E-state index in [1.807, 2.05) is 13.0 Å². The van der Waals surface area contributed by atoms with Gasteiger partial charge in [0.15, 0.2) is 4.34 Å². The number of benzene rings is 2. The number of ketones is 1. The van der Waals surface area contributed by atoms with Gasteiger partial charge in [0.05, 0.1) is 18.2 Å². The molecule has 1 fully saturated rings. The Kier molecular flexibility index (Phi) is 8.70. The molecular formula is C28H22Cl2N4O4S2. The molecule has 2 aromatic carbocycles. The van der Waals surface area contributed by atoms with Gasteiger partial charge in [-0.05, 0) is 60.0 Å². The van der Waals surface area contributed by atoms with Crippen LogP contribution in [0.4, 0.5) is 5.13 Å². The van der Waals surface area contributed by atoms with Crippen LogP contribution >= 0.6 is 46.3 Å². The van der Waals surface area contributed by atoms with Gasteiger partial charge in [-0.3, -0.25) is 19.5 Å². The van der Waals surface area contributed by atoms with Crippen molar-refractivity contribution in [3.8, 4) is 5.75 Å². The van der Waals surface area contributed by atoms with E-state index < -0.39 is 17.7 Å². The minimum atomic E-state index is -0.943. The zero-order chi connectivity index (χ0) is 28.2. The number of rotatable bonds is 9. The van der Waals surface area contributed by atoms with Crippen molar-refractivity contribution in [1.29, 1.82) is 0 Å². The van der Waals surface area contributed by atoms with E-state index in [-0.39, 0.29) is 16.5 Å². The van der Waals surface area contributed by atoms with Gasteiger partial charge < -0.3 is 9.84 Å². The van der Waals surface area contributed by atoms with Crippen LogP contribution in [0.5, 0.6) is 5.75 Å². The molecule has 1 atom stereocenters. The number of ether oxygens (including phenoxy) is 1. The van der Waals surface area contributed by atoms with Gasteiger partial charge in [-0.15, -0.1) is 10.2 Å². The second-order valence-corrected chi connectivity index (χ2v) is 11.7. The molecule has 0 saturated carbocycles. The summed E-state index contributed by atoms with van der Waals surface area (Å²) in [4.78, 5) is 32.1. The molecule has 2 aromatic heterocycles. The van der Waals surface area contributed by atoms with Crippen molar-refractivity contribution in [1.82, 2.24) is 15.2 Å². The minimum absolute atomic E-state index is 0.0578. The summed E-state index contributed by atoms with van der Waals surface area (Å²) >= 11 is 14.8.